The van der Waals surface area contributed by atoms with Crippen LogP contribution >= 0.6 is 0 Å². The third-order valence-electron chi connectivity index (χ3n) is 2.24. The molecule has 1 aromatic carbocycles. The maximum absolute atomic E-state index is 11.0. The zero-order valence-electron chi connectivity index (χ0n) is 9.08. The van der Waals surface area contributed by atoms with E-state index < -0.39 is 0 Å². The SMILES string of the molecule is CCc1ccccc1N(C)CC(C)=O. The minimum atomic E-state index is 0.193. The number of aryl methyl sites for hydroxylation is 1. The maximum Gasteiger partial charge on any atom is 0.149 e. The second-order valence-electron chi connectivity index (χ2n) is 3.54. The van der Waals surface area contributed by atoms with Crippen molar-refractivity contribution in [3.63, 3.8) is 0 Å². The second kappa shape index (κ2) is 4.80. The summed E-state index contributed by atoms with van der Waals surface area (Å²) in [7, 11) is 1.95. The van der Waals surface area contributed by atoms with Gasteiger partial charge in [0.15, 0.2) is 0 Å². The lowest BCUT2D eigenvalue weighted by Gasteiger charge is -2.20. The lowest BCUT2D eigenvalue weighted by Crippen LogP contribution is -2.24. The van der Waals surface area contributed by atoms with Gasteiger partial charge in [-0.15, -0.1) is 0 Å². The van der Waals surface area contributed by atoms with E-state index in [9.17, 15) is 4.79 Å². The Labute approximate surface area is 85.5 Å². The van der Waals surface area contributed by atoms with Crippen molar-refractivity contribution in [2.24, 2.45) is 0 Å². The summed E-state index contributed by atoms with van der Waals surface area (Å²) in [4.78, 5) is 13.0. The summed E-state index contributed by atoms with van der Waals surface area (Å²) in [5.41, 5.74) is 2.45. The first-order chi connectivity index (χ1) is 6.65. The number of rotatable bonds is 4. The van der Waals surface area contributed by atoms with Crippen molar-refractivity contribution in [3.8, 4) is 0 Å². The van der Waals surface area contributed by atoms with E-state index in [1.165, 1.54) is 5.56 Å². The molecule has 1 aromatic rings. The van der Waals surface area contributed by atoms with Gasteiger partial charge >= 0.3 is 0 Å². The van der Waals surface area contributed by atoms with E-state index in [1.807, 2.05) is 24.1 Å². The average molecular weight is 191 g/mol. The number of nitrogens with zero attached hydrogens (tertiary/aromatic N) is 1. The molecule has 0 spiro atoms. The van der Waals surface area contributed by atoms with Gasteiger partial charge in [0.1, 0.15) is 5.78 Å². The molecular weight excluding hydrogens is 174 g/mol. The van der Waals surface area contributed by atoms with E-state index in [0.717, 1.165) is 12.1 Å². The van der Waals surface area contributed by atoms with Crippen molar-refractivity contribution >= 4 is 11.5 Å². The first-order valence-corrected chi connectivity index (χ1v) is 4.93. The lowest BCUT2D eigenvalue weighted by molar-refractivity contribution is -0.115. The van der Waals surface area contributed by atoms with Crippen LogP contribution in [-0.4, -0.2) is 19.4 Å². The van der Waals surface area contributed by atoms with Gasteiger partial charge in [0, 0.05) is 12.7 Å². The Balaban J connectivity index is 2.87. The van der Waals surface area contributed by atoms with E-state index in [1.54, 1.807) is 6.92 Å². The molecule has 0 aliphatic rings. The molecular formula is C12H17NO. The van der Waals surface area contributed by atoms with Crippen molar-refractivity contribution in [1.29, 1.82) is 0 Å². The first kappa shape index (κ1) is 10.8. The van der Waals surface area contributed by atoms with Gasteiger partial charge in [0.05, 0.1) is 6.54 Å². The maximum atomic E-state index is 11.0. The second-order valence-corrected chi connectivity index (χ2v) is 3.54. The van der Waals surface area contributed by atoms with Gasteiger partial charge in [-0.05, 0) is 25.0 Å². The first-order valence-electron chi connectivity index (χ1n) is 4.93. The van der Waals surface area contributed by atoms with Crippen molar-refractivity contribution < 1.29 is 4.79 Å². The summed E-state index contributed by atoms with van der Waals surface area (Å²) >= 11 is 0. The number of carbonyl (C=O) groups is 1. The van der Waals surface area contributed by atoms with Crippen LogP contribution < -0.4 is 4.90 Å². The van der Waals surface area contributed by atoms with Gasteiger partial charge in [-0.2, -0.15) is 0 Å². The largest absolute Gasteiger partial charge is 0.367 e. The molecule has 14 heavy (non-hydrogen) atoms. The summed E-state index contributed by atoms with van der Waals surface area (Å²) in [5, 5.41) is 0. The van der Waals surface area contributed by atoms with E-state index in [2.05, 4.69) is 19.1 Å². The molecule has 1 rings (SSSR count). The van der Waals surface area contributed by atoms with Crippen LogP contribution in [0.1, 0.15) is 19.4 Å². The number of Topliss-reactive ketones (excluding diaryl/α,β-unsaturated/α-hetero) is 1. The lowest BCUT2D eigenvalue weighted by atomic mass is 10.1. The van der Waals surface area contributed by atoms with Gasteiger partial charge in [-0.3, -0.25) is 4.79 Å². The molecule has 0 N–H and O–H groups in total. The van der Waals surface area contributed by atoms with Gasteiger partial charge < -0.3 is 4.90 Å². The Morgan fingerprint density at radius 2 is 2.00 bits per heavy atom. The molecule has 0 saturated carbocycles. The van der Waals surface area contributed by atoms with E-state index in [4.69, 9.17) is 0 Å². The highest BCUT2D eigenvalue weighted by Crippen LogP contribution is 2.19. The Morgan fingerprint density at radius 3 is 2.57 bits per heavy atom. The fourth-order valence-electron chi connectivity index (χ4n) is 1.60. The van der Waals surface area contributed by atoms with Crippen LogP contribution in [0.15, 0.2) is 24.3 Å². The van der Waals surface area contributed by atoms with Gasteiger partial charge in [-0.25, -0.2) is 0 Å². The van der Waals surface area contributed by atoms with E-state index in [0.29, 0.717) is 6.54 Å². The molecule has 0 heterocycles. The van der Waals surface area contributed by atoms with Gasteiger partial charge in [0.25, 0.3) is 0 Å². The molecule has 0 aromatic heterocycles. The molecule has 2 heteroatoms. The number of benzene rings is 1. The highest BCUT2D eigenvalue weighted by atomic mass is 16.1. The van der Waals surface area contributed by atoms with Crippen LogP contribution in [0.5, 0.6) is 0 Å². The molecule has 0 atom stereocenters. The van der Waals surface area contributed by atoms with Gasteiger partial charge in [-0.1, -0.05) is 25.1 Å². The summed E-state index contributed by atoms with van der Waals surface area (Å²) < 4.78 is 0. The fourth-order valence-corrected chi connectivity index (χ4v) is 1.60. The Hall–Kier alpha value is -1.31. The smallest absolute Gasteiger partial charge is 0.149 e. The standard InChI is InChI=1S/C12H17NO/c1-4-11-7-5-6-8-12(11)13(3)9-10(2)14/h5-8H,4,9H2,1-3H3. The number of hydrogen-bond acceptors (Lipinski definition) is 2. The van der Waals surface area contributed by atoms with Crippen molar-refractivity contribution in [3.05, 3.63) is 29.8 Å². The number of likely N-dealkylation sites (N-methyl/N-ethyl adjacent to an activating group) is 1. The minimum Gasteiger partial charge on any atom is -0.367 e. The van der Waals surface area contributed by atoms with Crippen LogP contribution in [0.4, 0.5) is 5.69 Å². The summed E-state index contributed by atoms with van der Waals surface area (Å²) in [6.45, 7) is 4.22. The molecule has 0 aliphatic heterocycles. The molecule has 0 unspecified atom stereocenters. The number of anilines is 1. The summed E-state index contributed by atoms with van der Waals surface area (Å²) in [5.74, 6) is 0.193. The fraction of sp³-hybridized carbons (Fsp3) is 0.417. The molecule has 0 fully saturated rings. The van der Waals surface area contributed by atoms with Crippen LogP contribution in [0, 0.1) is 0 Å². The molecule has 2 nitrogen and oxygen atoms in total. The quantitative estimate of drug-likeness (QED) is 0.727. The zero-order chi connectivity index (χ0) is 10.6. The molecule has 76 valence electrons. The monoisotopic (exact) mass is 191 g/mol. The molecule has 0 radical (unpaired) electrons. The topological polar surface area (TPSA) is 20.3 Å². The number of para-hydroxylation sites is 1. The van der Waals surface area contributed by atoms with E-state index in [-0.39, 0.29) is 5.78 Å². The van der Waals surface area contributed by atoms with Crippen LogP contribution in [-0.2, 0) is 11.2 Å². The summed E-state index contributed by atoms with van der Waals surface area (Å²) in [6, 6.07) is 8.20. The minimum absolute atomic E-state index is 0.193. The summed E-state index contributed by atoms with van der Waals surface area (Å²) in [6.07, 6.45) is 0.998. The van der Waals surface area contributed by atoms with Crippen LogP contribution in [0.25, 0.3) is 0 Å². The van der Waals surface area contributed by atoms with Crippen LogP contribution in [0.3, 0.4) is 0 Å². The van der Waals surface area contributed by atoms with E-state index >= 15 is 0 Å². The van der Waals surface area contributed by atoms with Crippen molar-refractivity contribution in [2.45, 2.75) is 20.3 Å². The average Bonchev–Trinajstić information content (AvgIpc) is 2.16. The normalized spacial score (nSPS) is 9.93. The third kappa shape index (κ3) is 2.59. The van der Waals surface area contributed by atoms with Crippen LogP contribution in [0.2, 0.25) is 0 Å². The molecule has 0 saturated heterocycles. The number of ketones is 1. The Kier molecular flexibility index (Phi) is 3.69. The highest BCUT2D eigenvalue weighted by molar-refractivity contribution is 5.81. The molecule has 0 amide bonds. The predicted octanol–water partition coefficient (Wildman–Crippen LogP) is 2.27. The van der Waals surface area contributed by atoms with Gasteiger partial charge in [0.2, 0.25) is 0 Å². The number of hydrogen-bond donors (Lipinski definition) is 0. The molecule has 0 bridgehead atoms. The zero-order valence-corrected chi connectivity index (χ0v) is 9.08. The van der Waals surface area contributed by atoms with Crippen molar-refractivity contribution in [2.75, 3.05) is 18.5 Å². The highest BCUT2D eigenvalue weighted by Gasteiger charge is 2.06. The number of carbonyl (C=O) groups excluding carboxylic acids is 1. The third-order valence-corrected chi connectivity index (χ3v) is 2.24. The Morgan fingerprint density at radius 1 is 1.36 bits per heavy atom. The Bertz CT molecular complexity index is 320. The molecule has 0 aliphatic carbocycles. The van der Waals surface area contributed by atoms with Crippen molar-refractivity contribution in [1.82, 2.24) is 0 Å². The predicted molar refractivity (Wildman–Crippen MR) is 59.8 cm³/mol.